The van der Waals surface area contributed by atoms with Crippen LogP contribution in [0.4, 0.5) is 5.69 Å². The Morgan fingerprint density at radius 2 is 1.67 bits per heavy atom. The van der Waals surface area contributed by atoms with E-state index in [1.165, 1.54) is 4.90 Å². The van der Waals surface area contributed by atoms with Crippen molar-refractivity contribution in [3.05, 3.63) is 30.3 Å². The summed E-state index contributed by atoms with van der Waals surface area (Å²) in [7, 11) is 0. The van der Waals surface area contributed by atoms with Crippen molar-refractivity contribution in [1.82, 2.24) is 4.90 Å². The molecular formula is C14H18N2O2. The van der Waals surface area contributed by atoms with Gasteiger partial charge in [0, 0.05) is 18.5 Å². The van der Waals surface area contributed by atoms with E-state index in [2.05, 4.69) is 5.32 Å². The molecule has 2 amide bonds. The van der Waals surface area contributed by atoms with Crippen molar-refractivity contribution < 1.29 is 9.59 Å². The number of benzene rings is 1. The Morgan fingerprint density at radius 1 is 1.11 bits per heavy atom. The highest BCUT2D eigenvalue weighted by atomic mass is 16.2. The molecule has 0 spiro atoms. The number of carbonyl (C=O) groups excluding carboxylic acids is 2. The normalized spacial score (nSPS) is 18.9. The van der Waals surface area contributed by atoms with Crippen LogP contribution in [0.15, 0.2) is 30.3 Å². The summed E-state index contributed by atoms with van der Waals surface area (Å²) in [6.07, 6.45) is 0.852. The monoisotopic (exact) mass is 246 g/mol. The van der Waals surface area contributed by atoms with Crippen molar-refractivity contribution >= 4 is 17.5 Å². The summed E-state index contributed by atoms with van der Waals surface area (Å²) in [6.45, 7) is 4.15. The van der Waals surface area contributed by atoms with Crippen LogP contribution in [0.25, 0.3) is 0 Å². The first-order chi connectivity index (χ1) is 8.48. The van der Waals surface area contributed by atoms with Gasteiger partial charge in [0.2, 0.25) is 11.8 Å². The van der Waals surface area contributed by atoms with E-state index in [9.17, 15) is 9.59 Å². The van der Waals surface area contributed by atoms with Crippen LogP contribution in [0, 0.1) is 5.41 Å². The minimum atomic E-state index is -0.211. The van der Waals surface area contributed by atoms with Crippen molar-refractivity contribution in [2.24, 2.45) is 5.41 Å². The molecule has 4 heteroatoms. The molecule has 1 aliphatic rings. The second-order valence-electron chi connectivity index (χ2n) is 5.43. The molecule has 0 aliphatic carbocycles. The van der Waals surface area contributed by atoms with Crippen LogP contribution >= 0.6 is 0 Å². The lowest BCUT2D eigenvalue weighted by Crippen LogP contribution is -2.48. The Hall–Kier alpha value is -1.84. The van der Waals surface area contributed by atoms with Crippen molar-refractivity contribution in [1.29, 1.82) is 0 Å². The average Bonchev–Trinajstić information content (AvgIpc) is 2.27. The third-order valence-electron chi connectivity index (χ3n) is 3.08. The summed E-state index contributed by atoms with van der Waals surface area (Å²) < 4.78 is 0. The molecule has 1 aromatic rings. The van der Waals surface area contributed by atoms with Crippen LogP contribution in [0.2, 0.25) is 0 Å². The fourth-order valence-corrected chi connectivity index (χ4v) is 2.11. The van der Waals surface area contributed by atoms with E-state index < -0.39 is 0 Å². The number of rotatable bonds is 3. The molecule has 1 aliphatic heterocycles. The zero-order chi connectivity index (χ0) is 13.2. The molecule has 18 heavy (non-hydrogen) atoms. The summed E-state index contributed by atoms with van der Waals surface area (Å²) in [5.74, 6) is -0.195. The van der Waals surface area contributed by atoms with Gasteiger partial charge < -0.3 is 5.32 Å². The number of hydrogen-bond donors (Lipinski definition) is 1. The molecule has 2 rings (SSSR count). The highest BCUT2D eigenvalue weighted by Crippen LogP contribution is 2.31. The number of anilines is 1. The predicted octanol–water partition coefficient (Wildman–Crippen LogP) is 2.23. The van der Waals surface area contributed by atoms with E-state index in [1.807, 2.05) is 44.2 Å². The standard InChI is InChI=1S/C14H18N2O2/c1-14(2)8-12(17)16(13(18)9-14)10-15-11-6-4-3-5-7-11/h3-7,15H,8-10H2,1-2H3. The van der Waals surface area contributed by atoms with Crippen LogP contribution in [0.5, 0.6) is 0 Å². The molecule has 0 radical (unpaired) electrons. The van der Waals surface area contributed by atoms with E-state index in [0.29, 0.717) is 12.8 Å². The summed E-state index contributed by atoms with van der Waals surface area (Å²) >= 11 is 0. The second kappa shape index (κ2) is 4.80. The van der Waals surface area contributed by atoms with Crippen LogP contribution < -0.4 is 5.32 Å². The first-order valence-electron chi connectivity index (χ1n) is 6.10. The fraction of sp³-hybridized carbons (Fsp3) is 0.429. The molecule has 0 atom stereocenters. The van der Waals surface area contributed by atoms with Gasteiger partial charge in [0.1, 0.15) is 0 Å². The number of amides is 2. The molecule has 1 saturated heterocycles. The summed E-state index contributed by atoms with van der Waals surface area (Å²) in [6, 6.07) is 9.55. The van der Waals surface area contributed by atoms with Gasteiger partial charge in [0.25, 0.3) is 0 Å². The van der Waals surface area contributed by atoms with Crippen molar-refractivity contribution in [2.75, 3.05) is 12.0 Å². The molecular weight excluding hydrogens is 228 g/mol. The maximum atomic E-state index is 11.9. The van der Waals surface area contributed by atoms with Gasteiger partial charge in [-0.3, -0.25) is 14.5 Å². The van der Waals surface area contributed by atoms with Crippen LogP contribution in [0.1, 0.15) is 26.7 Å². The number of nitrogens with one attached hydrogen (secondary N) is 1. The number of imide groups is 1. The van der Waals surface area contributed by atoms with E-state index in [-0.39, 0.29) is 23.9 Å². The minimum Gasteiger partial charge on any atom is -0.367 e. The van der Waals surface area contributed by atoms with Crippen LogP contribution in [0.3, 0.4) is 0 Å². The zero-order valence-electron chi connectivity index (χ0n) is 10.8. The van der Waals surface area contributed by atoms with Crippen molar-refractivity contribution in [3.63, 3.8) is 0 Å². The molecule has 0 saturated carbocycles. The van der Waals surface area contributed by atoms with Crippen molar-refractivity contribution in [2.45, 2.75) is 26.7 Å². The van der Waals surface area contributed by atoms with Gasteiger partial charge >= 0.3 is 0 Å². The molecule has 0 aromatic heterocycles. The highest BCUT2D eigenvalue weighted by Gasteiger charge is 2.37. The molecule has 1 N–H and O–H groups in total. The number of nitrogens with zero attached hydrogens (tertiary/aromatic N) is 1. The molecule has 96 valence electrons. The predicted molar refractivity (Wildman–Crippen MR) is 69.8 cm³/mol. The van der Waals surface area contributed by atoms with Gasteiger partial charge in [-0.05, 0) is 17.5 Å². The van der Waals surface area contributed by atoms with Gasteiger partial charge in [-0.15, -0.1) is 0 Å². The first kappa shape index (κ1) is 12.6. The average molecular weight is 246 g/mol. The minimum absolute atomic E-state index is 0.0975. The Balaban J connectivity index is 1.98. The number of carbonyl (C=O) groups is 2. The van der Waals surface area contributed by atoms with Gasteiger partial charge in [0.15, 0.2) is 0 Å². The maximum absolute atomic E-state index is 11.9. The Labute approximate surface area is 107 Å². The third-order valence-corrected chi connectivity index (χ3v) is 3.08. The lowest BCUT2D eigenvalue weighted by Gasteiger charge is -2.34. The Morgan fingerprint density at radius 3 is 2.22 bits per heavy atom. The molecule has 0 bridgehead atoms. The van der Waals surface area contributed by atoms with Gasteiger partial charge in [0.05, 0.1) is 6.67 Å². The SMILES string of the molecule is CC1(C)CC(=O)N(CNc2ccccc2)C(=O)C1. The molecule has 1 heterocycles. The van der Waals surface area contributed by atoms with E-state index in [0.717, 1.165) is 5.69 Å². The lowest BCUT2D eigenvalue weighted by atomic mass is 9.82. The highest BCUT2D eigenvalue weighted by molar-refractivity contribution is 5.98. The van der Waals surface area contributed by atoms with Crippen LogP contribution in [-0.2, 0) is 9.59 Å². The smallest absolute Gasteiger partial charge is 0.231 e. The summed E-state index contributed by atoms with van der Waals surface area (Å²) in [5, 5.41) is 3.09. The van der Waals surface area contributed by atoms with E-state index >= 15 is 0 Å². The Bertz CT molecular complexity index is 434. The molecule has 1 aromatic carbocycles. The van der Waals surface area contributed by atoms with Gasteiger partial charge in [-0.2, -0.15) is 0 Å². The fourth-order valence-electron chi connectivity index (χ4n) is 2.11. The lowest BCUT2D eigenvalue weighted by molar-refractivity contribution is -0.151. The number of piperidine rings is 1. The quantitative estimate of drug-likeness (QED) is 0.832. The summed E-state index contributed by atoms with van der Waals surface area (Å²) in [5.41, 5.74) is 0.695. The largest absolute Gasteiger partial charge is 0.367 e. The van der Waals surface area contributed by atoms with Crippen molar-refractivity contribution in [3.8, 4) is 0 Å². The van der Waals surface area contributed by atoms with E-state index in [4.69, 9.17) is 0 Å². The molecule has 4 nitrogen and oxygen atoms in total. The Kier molecular flexibility index (Phi) is 3.36. The van der Waals surface area contributed by atoms with Gasteiger partial charge in [-0.1, -0.05) is 32.0 Å². The molecule has 1 fully saturated rings. The topological polar surface area (TPSA) is 49.4 Å². The summed E-state index contributed by atoms with van der Waals surface area (Å²) in [4.78, 5) is 25.1. The second-order valence-corrected chi connectivity index (χ2v) is 5.43. The number of hydrogen-bond acceptors (Lipinski definition) is 3. The number of para-hydroxylation sites is 1. The van der Waals surface area contributed by atoms with E-state index in [1.54, 1.807) is 0 Å². The molecule has 0 unspecified atom stereocenters. The zero-order valence-corrected chi connectivity index (χ0v) is 10.8. The van der Waals surface area contributed by atoms with Gasteiger partial charge in [-0.25, -0.2) is 0 Å². The third kappa shape index (κ3) is 2.88. The number of likely N-dealkylation sites (tertiary alicyclic amines) is 1. The first-order valence-corrected chi connectivity index (χ1v) is 6.10. The maximum Gasteiger partial charge on any atom is 0.231 e. The van der Waals surface area contributed by atoms with Crippen LogP contribution in [-0.4, -0.2) is 23.4 Å².